The molecule has 0 aliphatic heterocycles. The van der Waals surface area contributed by atoms with Gasteiger partial charge < -0.3 is 14.2 Å². The van der Waals surface area contributed by atoms with E-state index in [4.69, 9.17) is 8.83 Å². The summed E-state index contributed by atoms with van der Waals surface area (Å²) in [7, 11) is 0. The van der Waals surface area contributed by atoms with E-state index in [-0.39, 0.29) is 11.7 Å². The van der Waals surface area contributed by atoms with Crippen LogP contribution in [0.3, 0.4) is 0 Å². The van der Waals surface area contributed by atoms with E-state index in [0.29, 0.717) is 29.8 Å². The molecule has 0 atom stereocenters. The first kappa shape index (κ1) is 17.3. The Morgan fingerprint density at radius 1 is 1.24 bits per heavy atom. The van der Waals surface area contributed by atoms with Crippen molar-refractivity contribution in [1.82, 2.24) is 20.1 Å². The molecule has 132 valence electrons. The summed E-state index contributed by atoms with van der Waals surface area (Å²) in [6, 6.07) is 7.35. The third-order valence-corrected chi connectivity index (χ3v) is 4.50. The Bertz CT molecular complexity index is 781. The van der Waals surface area contributed by atoms with E-state index in [1.54, 1.807) is 18.6 Å². The number of amides is 1. The molecule has 1 amide bonds. The number of hydrogen-bond donors (Lipinski definition) is 1. The Hall–Kier alpha value is -2.48. The van der Waals surface area contributed by atoms with Gasteiger partial charge in [0.05, 0.1) is 24.8 Å². The summed E-state index contributed by atoms with van der Waals surface area (Å²) < 4.78 is 12.8. The van der Waals surface area contributed by atoms with Crippen LogP contribution in [0.15, 0.2) is 50.8 Å². The van der Waals surface area contributed by atoms with Crippen LogP contribution in [0.4, 0.5) is 0 Å². The minimum Gasteiger partial charge on any atom is -0.467 e. The lowest BCUT2D eigenvalue weighted by molar-refractivity contribution is -0.118. The smallest absolute Gasteiger partial charge is 0.230 e. The minimum absolute atomic E-state index is 0.00875. The minimum atomic E-state index is -0.00875. The van der Waals surface area contributed by atoms with Gasteiger partial charge in [-0.05, 0) is 30.7 Å². The lowest BCUT2D eigenvalue weighted by Gasteiger charge is -2.08. The summed E-state index contributed by atoms with van der Waals surface area (Å²) in [5.41, 5.74) is 0. The maximum Gasteiger partial charge on any atom is 0.230 e. The Balaban J connectivity index is 1.73. The lowest BCUT2D eigenvalue weighted by atomic mass is 10.3. The van der Waals surface area contributed by atoms with E-state index in [9.17, 15) is 4.79 Å². The van der Waals surface area contributed by atoms with E-state index >= 15 is 0 Å². The number of rotatable bonds is 9. The van der Waals surface area contributed by atoms with E-state index in [0.717, 1.165) is 18.6 Å². The van der Waals surface area contributed by atoms with Crippen molar-refractivity contribution in [2.75, 3.05) is 12.3 Å². The van der Waals surface area contributed by atoms with Crippen molar-refractivity contribution in [3.63, 3.8) is 0 Å². The van der Waals surface area contributed by atoms with Crippen LogP contribution in [0.1, 0.15) is 25.5 Å². The summed E-state index contributed by atoms with van der Waals surface area (Å²) in [5, 5.41) is 12.0. The monoisotopic (exact) mass is 360 g/mol. The molecule has 3 heterocycles. The summed E-state index contributed by atoms with van der Waals surface area (Å²) in [4.78, 5) is 11.9. The molecule has 0 radical (unpaired) electrons. The maximum atomic E-state index is 11.9. The molecule has 25 heavy (non-hydrogen) atoms. The third kappa shape index (κ3) is 4.54. The highest BCUT2D eigenvalue weighted by Crippen LogP contribution is 2.25. The van der Waals surface area contributed by atoms with Gasteiger partial charge in [-0.3, -0.25) is 9.36 Å². The molecular weight excluding hydrogens is 340 g/mol. The maximum absolute atomic E-state index is 11.9. The van der Waals surface area contributed by atoms with Crippen LogP contribution in [0.2, 0.25) is 0 Å². The molecular formula is C17H20N4O3S. The van der Waals surface area contributed by atoms with Gasteiger partial charge in [0.1, 0.15) is 5.76 Å². The summed E-state index contributed by atoms with van der Waals surface area (Å²) >= 11 is 1.35. The number of nitrogens with one attached hydrogen (secondary N) is 1. The third-order valence-electron chi connectivity index (χ3n) is 3.54. The molecule has 0 saturated heterocycles. The number of furan rings is 2. The number of thioether (sulfide) groups is 1. The van der Waals surface area contributed by atoms with E-state index in [2.05, 4.69) is 22.4 Å². The van der Waals surface area contributed by atoms with Crippen LogP contribution in [0, 0.1) is 0 Å². The van der Waals surface area contributed by atoms with Crippen LogP contribution >= 0.6 is 11.8 Å². The van der Waals surface area contributed by atoms with Gasteiger partial charge in [-0.15, -0.1) is 10.2 Å². The normalized spacial score (nSPS) is 10.9. The molecule has 0 aliphatic rings. The highest BCUT2D eigenvalue weighted by molar-refractivity contribution is 7.99. The molecule has 0 aromatic carbocycles. The molecule has 8 heteroatoms. The molecule has 0 unspecified atom stereocenters. The second kappa shape index (κ2) is 8.57. The predicted octanol–water partition coefficient (Wildman–Crippen LogP) is 3.19. The largest absolute Gasteiger partial charge is 0.467 e. The summed E-state index contributed by atoms with van der Waals surface area (Å²) in [5.74, 6) is 2.29. The highest BCUT2D eigenvalue weighted by Gasteiger charge is 2.18. The van der Waals surface area contributed by atoms with Crippen LogP contribution in [0.5, 0.6) is 0 Å². The first-order valence-electron chi connectivity index (χ1n) is 8.17. The van der Waals surface area contributed by atoms with Crippen molar-refractivity contribution in [2.45, 2.75) is 31.5 Å². The highest BCUT2D eigenvalue weighted by atomic mass is 32.2. The lowest BCUT2D eigenvalue weighted by Crippen LogP contribution is -2.26. The predicted molar refractivity (Wildman–Crippen MR) is 94.2 cm³/mol. The van der Waals surface area contributed by atoms with Crippen molar-refractivity contribution >= 4 is 17.7 Å². The van der Waals surface area contributed by atoms with Gasteiger partial charge in [0.2, 0.25) is 11.7 Å². The number of carbonyl (C=O) groups is 1. The molecule has 0 spiro atoms. The molecule has 3 aromatic heterocycles. The quantitative estimate of drug-likeness (QED) is 0.466. The molecule has 0 saturated carbocycles. The van der Waals surface area contributed by atoms with Crippen molar-refractivity contribution in [3.8, 4) is 11.6 Å². The fourth-order valence-corrected chi connectivity index (χ4v) is 3.04. The van der Waals surface area contributed by atoms with Crippen LogP contribution in [-0.4, -0.2) is 33.0 Å². The van der Waals surface area contributed by atoms with Gasteiger partial charge >= 0.3 is 0 Å². The average Bonchev–Trinajstić information content (AvgIpc) is 3.36. The SMILES string of the molecule is CCCCNC(=O)CSc1nnc(-c2ccco2)n1Cc1ccco1. The van der Waals surface area contributed by atoms with Crippen LogP contribution in [-0.2, 0) is 11.3 Å². The topological polar surface area (TPSA) is 86.1 Å². The molecule has 0 aliphatic carbocycles. The van der Waals surface area contributed by atoms with Crippen molar-refractivity contribution in [1.29, 1.82) is 0 Å². The fraction of sp³-hybridized carbons (Fsp3) is 0.353. The Labute approximate surface area is 149 Å². The Kier molecular flexibility index (Phi) is 5.95. The second-order valence-electron chi connectivity index (χ2n) is 5.44. The molecule has 1 N–H and O–H groups in total. The van der Waals surface area contributed by atoms with Crippen molar-refractivity contribution < 1.29 is 13.6 Å². The van der Waals surface area contributed by atoms with E-state index < -0.39 is 0 Å². The standard InChI is InChI=1S/C17H20N4O3S/c1-2-3-8-18-15(22)12-25-17-20-19-16(14-7-5-10-24-14)21(17)11-13-6-4-9-23-13/h4-7,9-10H,2-3,8,11-12H2,1H3,(H,18,22). The zero-order chi connectivity index (χ0) is 17.5. The molecule has 7 nitrogen and oxygen atoms in total. The van der Waals surface area contributed by atoms with Gasteiger partial charge in [-0.1, -0.05) is 25.1 Å². The molecule has 3 aromatic rings. The zero-order valence-corrected chi connectivity index (χ0v) is 14.8. The van der Waals surface area contributed by atoms with Gasteiger partial charge in [0.15, 0.2) is 10.9 Å². The van der Waals surface area contributed by atoms with Crippen molar-refractivity contribution in [2.24, 2.45) is 0 Å². The molecule has 0 fully saturated rings. The summed E-state index contributed by atoms with van der Waals surface area (Å²) in [6.07, 6.45) is 5.25. The number of hydrogen-bond acceptors (Lipinski definition) is 6. The number of aromatic nitrogens is 3. The first-order chi connectivity index (χ1) is 12.3. The number of nitrogens with zero attached hydrogens (tertiary/aromatic N) is 3. The average molecular weight is 360 g/mol. The number of carbonyl (C=O) groups excluding carboxylic acids is 1. The fourth-order valence-electron chi connectivity index (χ4n) is 2.27. The summed E-state index contributed by atoms with van der Waals surface area (Å²) in [6.45, 7) is 3.26. The second-order valence-corrected chi connectivity index (χ2v) is 6.38. The van der Waals surface area contributed by atoms with Crippen molar-refractivity contribution in [3.05, 3.63) is 42.6 Å². The Morgan fingerprint density at radius 2 is 2.08 bits per heavy atom. The Morgan fingerprint density at radius 3 is 2.80 bits per heavy atom. The van der Waals surface area contributed by atoms with E-state index in [1.165, 1.54) is 11.8 Å². The van der Waals surface area contributed by atoms with Gasteiger partial charge in [0, 0.05) is 6.54 Å². The molecule has 0 bridgehead atoms. The molecule has 3 rings (SSSR count). The zero-order valence-electron chi connectivity index (χ0n) is 14.0. The van der Waals surface area contributed by atoms with Gasteiger partial charge in [0.25, 0.3) is 0 Å². The van der Waals surface area contributed by atoms with E-state index in [1.807, 2.05) is 22.8 Å². The van der Waals surface area contributed by atoms with Gasteiger partial charge in [-0.2, -0.15) is 0 Å². The van der Waals surface area contributed by atoms with Gasteiger partial charge in [-0.25, -0.2) is 0 Å². The van der Waals surface area contributed by atoms with Crippen LogP contribution in [0.25, 0.3) is 11.6 Å². The van der Waals surface area contributed by atoms with Crippen LogP contribution < -0.4 is 5.32 Å². The first-order valence-corrected chi connectivity index (χ1v) is 9.15. The number of unbranched alkanes of at least 4 members (excludes halogenated alkanes) is 1.